The summed E-state index contributed by atoms with van der Waals surface area (Å²) in [5.41, 5.74) is 1.72. The minimum Gasteiger partial charge on any atom is -0.497 e. The Morgan fingerprint density at radius 3 is 2.42 bits per heavy atom. The van der Waals surface area contributed by atoms with Gasteiger partial charge in [0.25, 0.3) is 5.22 Å². The van der Waals surface area contributed by atoms with Gasteiger partial charge in [-0.25, -0.2) is 0 Å². The molecule has 0 amide bonds. The van der Waals surface area contributed by atoms with Gasteiger partial charge in [0.2, 0.25) is 5.89 Å². The number of carbonyl (C=O) groups excluding carboxylic acids is 1. The zero-order chi connectivity index (χ0) is 16.9. The highest BCUT2D eigenvalue weighted by Gasteiger charge is 2.21. The van der Waals surface area contributed by atoms with Gasteiger partial charge in [0.15, 0.2) is 0 Å². The summed E-state index contributed by atoms with van der Waals surface area (Å²) in [4.78, 5) is 12.0. The van der Waals surface area contributed by atoms with Crippen LogP contribution in [0.4, 0.5) is 0 Å². The fourth-order valence-corrected chi connectivity index (χ4v) is 3.10. The molecule has 1 atom stereocenters. The van der Waals surface area contributed by atoms with Crippen molar-refractivity contribution in [2.75, 3.05) is 7.11 Å². The highest BCUT2D eigenvalue weighted by atomic mass is 32.2. The van der Waals surface area contributed by atoms with E-state index < -0.39 is 0 Å². The maximum Gasteiger partial charge on any atom is 0.277 e. The summed E-state index contributed by atoms with van der Waals surface area (Å²) in [5.74, 6) is 1.21. The molecule has 122 valence electrons. The first-order chi connectivity index (χ1) is 11.7. The van der Waals surface area contributed by atoms with Crippen molar-refractivity contribution in [3.05, 3.63) is 60.2 Å². The molecule has 0 saturated carbocycles. The number of nitrogens with zero attached hydrogens (tertiary/aromatic N) is 2. The molecule has 6 heteroatoms. The predicted molar refractivity (Wildman–Crippen MR) is 92.0 cm³/mol. The Hall–Kier alpha value is -2.60. The number of rotatable bonds is 6. The Morgan fingerprint density at radius 2 is 1.79 bits per heavy atom. The number of hydrogen-bond donors (Lipinski definition) is 0. The van der Waals surface area contributed by atoms with Crippen LogP contribution in [0.15, 0.2) is 64.2 Å². The number of ketones is 1. The number of Topliss-reactive ketones (excluding diaryl/α,β-unsaturated/α-hetero) is 1. The first-order valence-corrected chi connectivity index (χ1v) is 8.25. The zero-order valence-electron chi connectivity index (χ0n) is 13.3. The van der Waals surface area contributed by atoms with Crippen LogP contribution < -0.4 is 4.74 Å². The summed E-state index contributed by atoms with van der Waals surface area (Å²) in [6.07, 6.45) is 0. The van der Waals surface area contributed by atoms with Gasteiger partial charge >= 0.3 is 0 Å². The molecule has 3 rings (SSSR count). The molecule has 2 aromatic carbocycles. The Morgan fingerprint density at radius 1 is 1.08 bits per heavy atom. The summed E-state index contributed by atoms with van der Waals surface area (Å²) in [6, 6.07) is 16.9. The molecular formula is C18H16N2O3S. The first-order valence-electron chi connectivity index (χ1n) is 7.37. The number of ether oxygens (including phenoxy) is 1. The van der Waals surface area contributed by atoms with E-state index in [2.05, 4.69) is 10.2 Å². The summed E-state index contributed by atoms with van der Waals surface area (Å²) in [7, 11) is 1.61. The lowest BCUT2D eigenvalue weighted by atomic mass is 10.1. The molecule has 0 radical (unpaired) electrons. The molecule has 0 aliphatic carbocycles. The number of carbonyl (C=O) groups is 1. The van der Waals surface area contributed by atoms with Gasteiger partial charge in [0, 0.05) is 5.56 Å². The van der Waals surface area contributed by atoms with Crippen LogP contribution in [0.25, 0.3) is 11.5 Å². The summed E-state index contributed by atoms with van der Waals surface area (Å²) in [5, 5.41) is 8.10. The third kappa shape index (κ3) is 3.65. The van der Waals surface area contributed by atoms with E-state index in [1.54, 1.807) is 14.0 Å². The molecule has 1 aromatic heterocycles. The van der Waals surface area contributed by atoms with E-state index in [0.29, 0.717) is 11.1 Å². The molecule has 0 fully saturated rings. The van der Waals surface area contributed by atoms with Crippen molar-refractivity contribution < 1.29 is 13.9 Å². The molecule has 0 bridgehead atoms. The lowest BCUT2D eigenvalue weighted by Gasteiger charge is -2.10. The van der Waals surface area contributed by atoms with Crippen molar-refractivity contribution in [2.24, 2.45) is 0 Å². The molecule has 24 heavy (non-hydrogen) atoms. The maximum atomic E-state index is 12.0. The second kappa shape index (κ2) is 7.31. The van der Waals surface area contributed by atoms with Crippen LogP contribution in [-0.4, -0.2) is 23.1 Å². The van der Waals surface area contributed by atoms with Crippen molar-refractivity contribution in [3.63, 3.8) is 0 Å². The average Bonchev–Trinajstić information content (AvgIpc) is 3.09. The summed E-state index contributed by atoms with van der Waals surface area (Å²) in [6.45, 7) is 1.56. The number of hydrogen-bond acceptors (Lipinski definition) is 6. The monoisotopic (exact) mass is 340 g/mol. The van der Waals surface area contributed by atoms with Crippen molar-refractivity contribution >= 4 is 17.5 Å². The zero-order valence-corrected chi connectivity index (χ0v) is 14.1. The van der Waals surface area contributed by atoms with Crippen molar-refractivity contribution in [1.29, 1.82) is 0 Å². The van der Waals surface area contributed by atoms with Gasteiger partial charge in [-0.2, -0.15) is 0 Å². The quantitative estimate of drug-likeness (QED) is 0.628. The third-order valence-electron chi connectivity index (χ3n) is 3.43. The SMILES string of the molecule is COc1ccc(-c2nnc(S[C@@H](C(C)=O)c3ccccc3)o2)cc1. The van der Waals surface area contributed by atoms with Gasteiger partial charge in [0.05, 0.1) is 12.4 Å². The predicted octanol–water partition coefficient (Wildman–Crippen LogP) is 4.17. The topological polar surface area (TPSA) is 65.2 Å². The second-order valence-electron chi connectivity index (χ2n) is 5.12. The van der Waals surface area contributed by atoms with Crippen molar-refractivity contribution in [2.45, 2.75) is 17.4 Å². The lowest BCUT2D eigenvalue weighted by Crippen LogP contribution is -2.04. The lowest BCUT2D eigenvalue weighted by molar-refractivity contribution is -0.116. The van der Waals surface area contributed by atoms with E-state index in [9.17, 15) is 4.79 Å². The molecule has 1 heterocycles. The van der Waals surface area contributed by atoms with Crippen molar-refractivity contribution in [3.8, 4) is 17.2 Å². The number of thioether (sulfide) groups is 1. The smallest absolute Gasteiger partial charge is 0.277 e. The number of aromatic nitrogens is 2. The van der Waals surface area contributed by atoms with Crippen molar-refractivity contribution in [1.82, 2.24) is 10.2 Å². The van der Waals surface area contributed by atoms with E-state index in [1.807, 2.05) is 54.6 Å². The standard InChI is InChI=1S/C18H16N2O3S/c1-12(21)16(13-6-4-3-5-7-13)24-18-20-19-17(23-18)14-8-10-15(22-2)11-9-14/h3-11,16H,1-2H3/t16-/m0/s1. The molecular weight excluding hydrogens is 324 g/mol. The fourth-order valence-electron chi connectivity index (χ4n) is 2.22. The first kappa shape index (κ1) is 16.3. The molecule has 0 N–H and O–H groups in total. The van der Waals surface area contributed by atoms with Gasteiger partial charge in [-0.1, -0.05) is 30.3 Å². The van der Waals surface area contributed by atoms with E-state index in [-0.39, 0.29) is 11.0 Å². The van der Waals surface area contributed by atoms with Crippen LogP contribution >= 0.6 is 11.8 Å². The Kier molecular flexibility index (Phi) is 4.96. The van der Waals surface area contributed by atoms with E-state index >= 15 is 0 Å². The number of benzene rings is 2. The fraction of sp³-hybridized carbons (Fsp3) is 0.167. The molecule has 0 aliphatic heterocycles. The van der Waals surface area contributed by atoms with E-state index in [0.717, 1.165) is 16.9 Å². The summed E-state index contributed by atoms with van der Waals surface area (Å²) >= 11 is 1.26. The minimum atomic E-state index is -0.365. The molecule has 0 spiro atoms. The normalized spacial score (nSPS) is 11.9. The van der Waals surface area contributed by atoms with Gasteiger partial charge in [-0.15, -0.1) is 10.2 Å². The van der Waals surface area contributed by atoms with Crippen LogP contribution in [0.1, 0.15) is 17.7 Å². The van der Waals surface area contributed by atoms with Crippen LogP contribution in [0.3, 0.4) is 0 Å². The van der Waals surface area contributed by atoms with Crippen LogP contribution in [-0.2, 0) is 4.79 Å². The highest BCUT2D eigenvalue weighted by Crippen LogP contribution is 2.36. The molecule has 3 aromatic rings. The van der Waals surface area contributed by atoms with Gasteiger partial charge in [-0.3, -0.25) is 4.79 Å². The maximum absolute atomic E-state index is 12.0. The number of methoxy groups -OCH3 is 1. The largest absolute Gasteiger partial charge is 0.497 e. The molecule has 0 unspecified atom stereocenters. The Labute approximate surface area is 144 Å². The van der Waals surface area contributed by atoms with Crippen LogP contribution in [0.2, 0.25) is 0 Å². The Balaban J connectivity index is 1.80. The molecule has 0 saturated heterocycles. The third-order valence-corrected chi connectivity index (χ3v) is 4.64. The Bertz CT molecular complexity index is 816. The second-order valence-corrected chi connectivity index (χ2v) is 6.18. The van der Waals surface area contributed by atoms with Gasteiger partial charge in [0.1, 0.15) is 11.5 Å². The van der Waals surface area contributed by atoms with Crippen LogP contribution in [0, 0.1) is 0 Å². The minimum absolute atomic E-state index is 0.0374. The van der Waals surface area contributed by atoms with E-state index in [1.165, 1.54) is 11.8 Å². The molecule has 0 aliphatic rings. The van der Waals surface area contributed by atoms with Crippen LogP contribution in [0.5, 0.6) is 5.75 Å². The van der Waals surface area contributed by atoms with Gasteiger partial charge in [-0.05, 0) is 48.5 Å². The average molecular weight is 340 g/mol. The molecule has 5 nitrogen and oxygen atoms in total. The highest BCUT2D eigenvalue weighted by molar-refractivity contribution is 8.00. The van der Waals surface area contributed by atoms with E-state index in [4.69, 9.17) is 9.15 Å². The summed E-state index contributed by atoms with van der Waals surface area (Å²) < 4.78 is 10.8. The van der Waals surface area contributed by atoms with Gasteiger partial charge < -0.3 is 9.15 Å².